The Morgan fingerprint density at radius 3 is 0.933 bits per heavy atom. The molecule has 0 aliphatic carbocycles. The van der Waals surface area contributed by atoms with Crippen molar-refractivity contribution in [1.29, 1.82) is 0 Å². The van der Waals surface area contributed by atoms with E-state index in [0.717, 1.165) is 59.3 Å². The molecule has 0 amide bonds. The molecular formula is C72H114N6O12. The monoisotopic (exact) mass is 1280 g/mol. The lowest BCUT2D eigenvalue weighted by Gasteiger charge is -2.47. The Bertz CT molecular complexity index is 3760. The summed E-state index contributed by atoms with van der Waals surface area (Å²) in [6, 6.07) is 0.161. The second-order valence-corrected chi connectivity index (χ2v) is 25.5. The summed E-state index contributed by atoms with van der Waals surface area (Å²) < 4.78 is 260. The summed E-state index contributed by atoms with van der Waals surface area (Å²) in [5, 5.41) is 0. The third-order valence-corrected chi connectivity index (χ3v) is 18.1. The summed E-state index contributed by atoms with van der Waals surface area (Å²) >= 11 is 0. The van der Waals surface area contributed by atoms with Gasteiger partial charge in [0.15, 0.2) is 34.5 Å². The van der Waals surface area contributed by atoms with E-state index < -0.39 is 120 Å². The molecule has 0 spiro atoms. The normalized spacial score (nSPS) is 31.7. The van der Waals surface area contributed by atoms with Gasteiger partial charge in [0.05, 0.1) is 50.8 Å². The number of nitrogens with two attached hydrogens (primary N) is 3. The van der Waals surface area contributed by atoms with Gasteiger partial charge < -0.3 is 59.8 Å². The molecular weight excluding hydrogens is 1140 g/mol. The van der Waals surface area contributed by atoms with Crippen LogP contribution in [0.2, 0.25) is 0 Å². The molecule has 3 aromatic carbocycles. The fraction of sp³-hybridized carbons (Fsp3) is 0.708. The Balaban J connectivity index is 0.000000243. The van der Waals surface area contributed by atoms with Gasteiger partial charge >= 0.3 is 17.9 Å². The van der Waals surface area contributed by atoms with Crippen LogP contribution in [-0.2, 0) is 47.9 Å². The van der Waals surface area contributed by atoms with Gasteiger partial charge in [0, 0.05) is 123 Å². The van der Waals surface area contributed by atoms with Gasteiger partial charge in [-0.2, -0.15) is 0 Å². The van der Waals surface area contributed by atoms with Crippen molar-refractivity contribution in [3.05, 3.63) is 69.8 Å². The average molecular weight is 1280 g/mol. The van der Waals surface area contributed by atoms with Crippen LogP contribution in [0.15, 0.2) is 36.4 Å². The minimum atomic E-state index is -3.65. The maximum absolute atomic E-state index is 13.3. The molecule has 18 heteroatoms. The molecule has 90 heavy (non-hydrogen) atoms. The summed E-state index contributed by atoms with van der Waals surface area (Å²) in [7, 11) is 4.93. The number of methoxy groups -OCH3 is 6. The third-order valence-electron chi connectivity index (χ3n) is 18.1. The number of esters is 3. The van der Waals surface area contributed by atoms with E-state index in [1.165, 1.54) is 7.11 Å². The molecule has 18 nitrogen and oxygen atoms in total. The fourth-order valence-electron chi connectivity index (χ4n) is 14.0. The number of rotatable bonds is 21. The highest BCUT2D eigenvalue weighted by atomic mass is 16.6. The minimum Gasteiger partial charge on any atom is -0.493 e. The SMILES string of the molecule is [2H]C([2H])([2H])C([2H])(C([2H])([2H])[2H])[C@]([2H])(N)C(=O)OC1CC2c3cc(OC)c(OC)cc3CCN2CC1CC(C)C.[2H]C([2H])([2H])C([2H])(C([2H])([2H])[2H])[C@]([2H])(N)C(=O)OC1CC2c3cc(OC)c(OC)cc3CCN2CC1CC(C)C.[2H]C([2H])([2H])Oc1cc2c(cc1OC)C1CC(OC(=O)[C@@]([2H])(N)C([2H])(C([2H])([2H])[2H])C([2H])([2H])[2H])C(CC(C)C)CN1CC2. The molecule has 504 valence electrons. The van der Waals surface area contributed by atoms with Crippen molar-refractivity contribution in [2.24, 2.45) is 70.4 Å². The molecule has 9 unspecified atom stereocenters. The average Bonchev–Trinajstić information content (AvgIpc) is 0.727. The second kappa shape index (κ2) is 32.5. The van der Waals surface area contributed by atoms with Gasteiger partial charge in [0.2, 0.25) is 0 Å². The minimum absolute atomic E-state index is 0.0689. The Morgan fingerprint density at radius 2 is 0.700 bits per heavy atom. The number of carbonyl (C=O) groups is 3. The van der Waals surface area contributed by atoms with Crippen LogP contribution in [0, 0.1) is 53.2 Å². The highest BCUT2D eigenvalue weighted by Gasteiger charge is 2.45. The molecule has 6 N–H and O–H groups in total. The molecule has 0 bridgehead atoms. The van der Waals surface area contributed by atoms with Crippen molar-refractivity contribution < 1.29 is 94.0 Å². The topological polar surface area (TPSA) is 222 Å². The molecule has 3 fully saturated rings. The number of hydrogen-bond acceptors (Lipinski definition) is 18. The fourth-order valence-corrected chi connectivity index (χ4v) is 14.0. The zero-order valence-corrected chi connectivity index (χ0v) is 54.0. The van der Waals surface area contributed by atoms with Crippen LogP contribution in [0.3, 0.4) is 0 Å². The predicted molar refractivity (Wildman–Crippen MR) is 353 cm³/mol. The largest absolute Gasteiger partial charge is 0.493 e. The zero-order chi connectivity index (χ0) is 89.0. The van der Waals surface area contributed by atoms with E-state index in [1.807, 2.05) is 65.8 Å². The predicted octanol–water partition coefficient (Wildman–Crippen LogP) is 10.7. The smallest absolute Gasteiger partial charge is 0.323 e. The summed E-state index contributed by atoms with van der Waals surface area (Å²) in [6.45, 7) is -5.47. The van der Waals surface area contributed by atoms with Crippen molar-refractivity contribution >= 4 is 17.9 Å². The lowest BCUT2D eigenvalue weighted by atomic mass is 9.79. The first-order valence-electron chi connectivity index (χ1n) is 44.4. The summed E-state index contributed by atoms with van der Waals surface area (Å²) in [6.07, 6.45) is 2.62. The first-order valence-corrected chi connectivity index (χ1v) is 30.9. The van der Waals surface area contributed by atoms with Crippen LogP contribution in [0.5, 0.6) is 34.5 Å². The van der Waals surface area contributed by atoms with E-state index in [0.29, 0.717) is 87.7 Å². The first-order chi connectivity index (χ1) is 53.3. The van der Waals surface area contributed by atoms with Crippen LogP contribution in [-0.4, -0.2) is 151 Å². The molecule has 0 radical (unpaired) electrons. The van der Waals surface area contributed by atoms with Crippen molar-refractivity contribution in [3.8, 4) is 34.5 Å². The number of hydrogen-bond donors (Lipinski definition) is 3. The maximum Gasteiger partial charge on any atom is 0.323 e. The van der Waals surface area contributed by atoms with E-state index in [2.05, 4.69) is 14.7 Å². The summed E-state index contributed by atoms with van der Waals surface area (Å²) in [5.74, 6) is -12.8. The lowest BCUT2D eigenvalue weighted by Crippen LogP contribution is -2.51. The van der Waals surface area contributed by atoms with Crippen LogP contribution in [0.25, 0.3) is 0 Å². The Morgan fingerprint density at radius 1 is 0.444 bits per heavy atom. The molecule has 0 saturated carbocycles. The molecule has 9 rings (SSSR count). The lowest BCUT2D eigenvalue weighted by molar-refractivity contribution is -0.161. The van der Waals surface area contributed by atoms with Gasteiger partial charge in [-0.05, 0) is 144 Å². The molecule has 0 aromatic heterocycles. The summed E-state index contributed by atoms with van der Waals surface area (Å²) in [5.41, 5.74) is 23.1. The van der Waals surface area contributed by atoms with E-state index in [1.54, 1.807) is 40.6 Å². The highest BCUT2D eigenvalue weighted by Crippen LogP contribution is 2.48. The van der Waals surface area contributed by atoms with E-state index in [9.17, 15) is 14.4 Å². The van der Waals surface area contributed by atoms with Gasteiger partial charge in [0.1, 0.15) is 36.4 Å². The van der Waals surface area contributed by atoms with Crippen molar-refractivity contribution in [2.75, 3.05) is 81.9 Å². The third kappa shape index (κ3) is 17.5. The highest BCUT2D eigenvalue weighted by molar-refractivity contribution is 5.77. The van der Waals surface area contributed by atoms with Gasteiger partial charge in [-0.25, -0.2) is 0 Å². The van der Waals surface area contributed by atoms with Gasteiger partial charge in [-0.15, -0.1) is 0 Å². The molecule has 6 aliphatic rings. The Kier molecular flexibility index (Phi) is 15.4. The number of nitrogens with zero attached hydrogens (tertiary/aromatic N) is 3. The molecule has 3 saturated heterocycles. The summed E-state index contributed by atoms with van der Waals surface area (Å²) in [4.78, 5) is 46.7. The Labute approximate surface area is 577 Å². The van der Waals surface area contributed by atoms with Gasteiger partial charge in [-0.3, -0.25) is 29.1 Å². The number of benzene rings is 3. The number of carbonyl (C=O) groups excluding carboxylic acids is 3. The first kappa shape index (κ1) is 42.8. The van der Waals surface area contributed by atoms with Crippen LogP contribution < -0.4 is 45.6 Å². The molecule has 6 aliphatic heterocycles. The van der Waals surface area contributed by atoms with Crippen LogP contribution >= 0.6 is 0 Å². The van der Waals surface area contributed by atoms with E-state index in [4.69, 9.17) is 96.8 Å². The Hall–Kier alpha value is -5.37. The maximum atomic E-state index is 13.3. The second-order valence-electron chi connectivity index (χ2n) is 25.5. The van der Waals surface area contributed by atoms with E-state index in [-0.39, 0.29) is 71.6 Å². The van der Waals surface area contributed by atoms with Crippen LogP contribution in [0.1, 0.15) is 210 Å². The van der Waals surface area contributed by atoms with Crippen molar-refractivity contribution in [1.82, 2.24) is 14.7 Å². The van der Waals surface area contributed by atoms with Crippen LogP contribution in [0.4, 0.5) is 0 Å². The standard InChI is InChI=1S/3C24H38N2O4/c3*1-14(2)9-17-13-26-8-7-16-10-21(28-5)22(29-6)11-18(16)19(26)12-20(17)30-24(27)23(25)15(3)4/h3*10-11,14-15,17,19-20,23H,7-9,12-13,25H2,1-6H3/t3*17?,19?,20?,23-/m000/s1/i3D3,4D3,5D3,15D,23D;2*3D3,4D3,15D,23D. The van der Waals surface area contributed by atoms with E-state index >= 15 is 0 Å². The molecule has 6 heterocycles. The molecule has 12 atom stereocenters. The quantitative estimate of drug-likeness (QED) is 0.0666. The zero-order valence-electron chi connectivity index (χ0n) is 81.0. The van der Waals surface area contributed by atoms with Gasteiger partial charge in [-0.1, -0.05) is 82.7 Å². The molecule has 3 aromatic rings. The van der Waals surface area contributed by atoms with Crippen molar-refractivity contribution in [2.45, 2.75) is 195 Å². The number of piperidine rings is 3. The van der Waals surface area contributed by atoms with Gasteiger partial charge in [0.25, 0.3) is 0 Å². The number of fused-ring (bicyclic) bond motifs is 9. The van der Waals surface area contributed by atoms with Crippen molar-refractivity contribution in [3.63, 3.8) is 0 Å². The number of ether oxygens (including phenoxy) is 9.